The smallest absolute Gasteiger partial charge is 0.311 e. The van der Waals surface area contributed by atoms with Crippen LogP contribution >= 0.6 is 23.5 Å². The maximum absolute atomic E-state index is 11.2. The van der Waals surface area contributed by atoms with Gasteiger partial charge in [-0.2, -0.15) is 23.5 Å². The number of para-hydroxylation sites is 1. The molecule has 2 heterocycles. The van der Waals surface area contributed by atoms with Gasteiger partial charge in [-0.05, 0) is 6.07 Å². The van der Waals surface area contributed by atoms with Crippen LogP contribution in [-0.2, 0) is 0 Å². The van der Waals surface area contributed by atoms with Crippen molar-refractivity contribution in [3.63, 3.8) is 0 Å². The summed E-state index contributed by atoms with van der Waals surface area (Å²) in [5, 5.41) is 15.8. The van der Waals surface area contributed by atoms with Gasteiger partial charge < -0.3 is 5.32 Å². The molecule has 1 N–H and O–H groups in total. The fourth-order valence-corrected chi connectivity index (χ4v) is 4.94. The van der Waals surface area contributed by atoms with Crippen molar-refractivity contribution in [2.24, 2.45) is 0 Å². The van der Waals surface area contributed by atoms with E-state index in [1.54, 1.807) is 0 Å². The molecule has 110 valence electrons. The molecular weight excluding hydrogens is 306 g/mol. The Bertz CT molecular complexity index is 660. The second kappa shape index (κ2) is 6.53. The molecule has 0 amide bonds. The number of benzene rings is 1. The zero-order valence-electron chi connectivity index (χ0n) is 11.3. The van der Waals surface area contributed by atoms with Gasteiger partial charge in [0.15, 0.2) is 0 Å². The molecule has 0 spiro atoms. The lowest BCUT2D eigenvalue weighted by atomic mass is 10.1. The summed E-state index contributed by atoms with van der Waals surface area (Å²) in [5.41, 5.74) is 1.40. The Hall–Kier alpha value is -1.47. The first kappa shape index (κ1) is 14.5. The first-order valence-electron chi connectivity index (χ1n) is 6.71. The van der Waals surface area contributed by atoms with Crippen molar-refractivity contribution in [1.82, 2.24) is 4.98 Å². The number of pyridine rings is 1. The summed E-state index contributed by atoms with van der Waals surface area (Å²) in [7, 11) is 0. The predicted octanol–water partition coefficient (Wildman–Crippen LogP) is 3.40. The highest BCUT2D eigenvalue weighted by molar-refractivity contribution is 8.06. The van der Waals surface area contributed by atoms with Crippen LogP contribution in [0.2, 0.25) is 0 Å². The largest absolute Gasteiger partial charge is 0.378 e. The Morgan fingerprint density at radius 2 is 2.24 bits per heavy atom. The number of nitro groups is 1. The number of rotatable bonds is 4. The minimum absolute atomic E-state index is 0.0437. The molecule has 0 saturated carbocycles. The van der Waals surface area contributed by atoms with Crippen LogP contribution in [0.15, 0.2) is 30.5 Å². The average Bonchev–Trinajstić information content (AvgIpc) is 2.53. The number of thioether (sulfide) groups is 2. The van der Waals surface area contributed by atoms with E-state index in [0.717, 1.165) is 29.0 Å². The average molecular weight is 321 g/mol. The highest BCUT2D eigenvalue weighted by Gasteiger charge is 2.20. The number of hydrogen-bond donors (Lipinski definition) is 1. The van der Waals surface area contributed by atoms with Gasteiger partial charge in [-0.15, -0.1) is 0 Å². The monoisotopic (exact) mass is 321 g/mol. The standard InChI is InChI=1S/C14H15N3O2S2/c18-17(19)13-8-15-12-4-2-1-3-11(12)14(13)16-7-10-9-20-5-6-21-10/h1-4,8,10H,5-7,9H2,(H,15,16). The molecule has 1 aromatic heterocycles. The molecular formula is C14H15N3O2S2. The van der Waals surface area contributed by atoms with E-state index in [1.165, 1.54) is 11.9 Å². The zero-order chi connectivity index (χ0) is 14.7. The number of nitrogens with one attached hydrogen (secondary N) is 1. The fraction of sp³-hybridized carbons (Fsp3) is 0.357. The van der Waals surface area contributed by atoms with Gasteiger partial charge in [-0.1, -0.05) is 18.2 Å². The molecule has 1 aliphatic rings. The normalized spacial score (nSPS) is 18.6. The quantitative estimate of drug-likeness (QED) is 0.687. The van der Waals surface area contributed by atoms with Crippen molar-refractivity contribution >= 4 is 45.8 Å². The Labute approximate surface area is 131 Å². The van der Waals surface area contributed by atoms with Crippen molar-refractivity contribution in [2.75, 3.05) is 29.1 Å². The molecule has 5 nitrogen and oxygen atoms in total. The van der Waals surface area contributed by atoms with E-state index >= 15 is 0 Å². The summed E-state index contributed by atoms with van der Waals surface area (Å²) < 4.78 is 0. The van der Waals surface area contributed by atoms with Gasteiger partial charge in [-0.3, -0.25) is 10.1 Å². The highest BCUT2D eigenvalue weighted by atomic mass is 32.2. The van der Waals surface area contributed by atoms with Gasteiger partial charge in [0.2, 0.25) is 0 Å². The molecule has 3 rings (SSSR count). The Balaban J connectivity index is 1.90. The van der Waals surface area contributed by atoms with E-state index in [-0.39, 0.29) is 10.6 Å². The third kappa shape index (κ3) is 3.24. The van der Waals surface area contributed by atoms with Crippen LogP contribution in [0.4, 0.5) is 11.4 Å². The van der Waals surface area contributed by atoms with Gasteiger partial charge in [-0.25, -0.2) is 4.98 Å². The molecule has 7 heteroatoms. The van der Waals surface area contributed by atoms with E-state index in [2.05, 4.69) is 10.3 Å². The number of anilines is 1. The maximum atomic E-state index is 11.2. The summed E-state index contributed by atoms with van der Waals surface area (Å²) in [6.45, 7) is 0.743. The zero-order valence-corrected chi connectivity index (χ0v) is 13.0. The van der Waals surface area contributed by atoms with Crippen LogP contribution in [0.3, 0.4) is 0 Å². The van der Waals surface area contributed by atoms with E-state index in [9.17, 15) is 10.1 Å². The molecule has 1 aromatic carbocycles. The van der Waals surface area contributed by atoms with Crippen LogP contribution in [-0.4, -0.2) is 39.0 Å². The van der Waals surface area contributed by atoms with Gasteiger partial charge in [0, 0.05) is 34.4 Å². The van der Waals surface area contributed by atoms with Crippen LogP contribution in [0.1, 0.15) is 0 Å². The van der Waals surface area contributed by atoms with Crippen LogP contribution in [0.25, 0.3) is 10.9 Å². The van der Waals surface area contributed by atoms with E-state index in [0.29, 0.717) is 10.9 Å². The van der Waals surface area contributed by atoms with Crippen molar-refractivity contribution < 1.29 is 4.92 Å². The lowest BCUT2D eigenvalue weighted by molar-refractivity contribution is -0.384. The first-order valence-corrected chi connectivity index (χ1v) is 8.91. The highest BCUT2D eigenvalue weighted by Crippen LogP contribution is 2.32. The molecule has 0 radical (unpaired) electrons. The number of hydrogen-bond acceptors (Lipinski definition) is 6. The number of fused-ring (bicyclic) bond motifs is 1. The maximum Gasteiger partial charge on any atom is 0.311 e. The lowest BCUT2D eigenvalue weighted by Crippen LogP contribution is -2.23. The summed E-state index contributed by atoms with van der Waals surface area (Å²) in [6, 6.07) is 7.51. The Morgan fingerprint density at radius 3 is 3.00 bits per heavy atom. The molecule has 21 heavy (non-hydrogen) atoms. The van der Waals surface area contributed by atoms with E-state index < -0.39 is 0 Å². The minimum Gasteiger partial charge on any atom is -0.378 e. The Kier molecular flexibility index (Phi) is 4.50. The third-order valence-electron chi connectivity index (χ3n) is 3.34. The summed E-state index contributed by atoms with van der Waals surface area (Å²) in [5.74, 6) is 3.43. The van der Waals surface area contributed by atoms with Crippen molar-refractivity contribution in [2.45, 2.75) is 5.25 Å². The van der Waals surface area contributed by atoms with Gasteiger partial charge in [0.25, 0.3) is 0 Å². The van der Waals surface area contributed by atoms with Crippen LogP contribution in [0.5, 0.6) is 0 Å². The molecule has 0 bridgehead atoms. The molecule has 1 fully saturated rings. The van der Waals surface area contributed by atoms with Crippen molar-refractivity contribution in [3.05, 3.63) is 40.6 Å². The molecule has 2 aromatic rings. The topological polar surface area (TPSA) is 68.1 Å². The van der Waals surface area contributed by atoms with Crippen molar-refractivity contribution in [1.29, 1.82) is 0 Å². The minimum atomic E-state index is -0.370. The Morgan fingerprint density at radius 1 is 1.38 bits per heavy atom. The third-order valence-corrected chi connectivity index (χ3v) is 6.19. The van der Waals surface area contributed by atoms with Gasteiger partial charge in [0.05, 0.1) is 10.4 Å². The second-order valence-corrected chi connectivity index (χ2v) is 7.30. The van der Waals surface area contributed by atoms with E-state index in [4.69, 9.17) is 0 Å². The second-order valence-electron chi connectivity index (χ2n) is 4.74. The van der Waals surface area contributed by atoms with Crippen molar-refractivity contribution in [3.8, 4) is 0 Å². The SMILES string of the molecule is O=[N+]([O-])c1cnc2ccccc2c1NCC1CSCCS1. The molecule has 0 aliphatic carbocycles. The van der Waals surface area contributed by atoms with Gasteiger partial charge >= 0.3 is 5.69 Å². The molecule has 1 unspecified atom stereocenters. The summed E-state index contributed by atoms with van der Waals surface area (Å²) >= 11 is 3.88. The first-order chi connectivity index (χ1) is 10.3. The summed E-state index contributed by atoms with van der Waals surface area (Å²) in [4.78, 5) is 15.0. The lowest BCUT2D eigenvalue weighted by Gasteiger charge is -2.22. The molecule has 1 saturated heterocycles. The van der Waals surface area contributed by atoms with Gasteiger partial charge in [0.1, 0.15) is 11.9 Å². The fourth-order valence-electron chi connectivity index (χ4n) is 2.33. The number of aromatic nitrogens is 1. The molecule has 1 atom stereocenters. The summed E-state index contributed by atoms with van der Waals surface area (Å²) in [6.07, 6.45) is 1.34. The number of nitrogens with zero attached hydrogens (tertiary/aromatic N) is 2. The molecule has 1 aliphatic heterocycles. The van der Waals surface area contributed by atoms with E-state index in [1.807, 2.05) is 47.8 Å². The predicted molar refractivity (Wildman–Crippen MR) is 90.5 cm³/mol. The van der Waals surface area contributed by atoms with Crippen LogP contribution < -0.4 is 5.32 Å². The van der Waals surface area contributed by atoms with Crippen LogP contribution in [0, 0.1) is 10.1 Å².